The molecule has 4 fully saturated rings. The van der Waals surface area contributed by atoms with E-state index in [4.69, 9.17) is 58.1 Å². The maximum Gasteiger partial charge on any atom is 0.316 e. The van der Waals surface area contributed by atoms with E-state index in [-0.39, 0.29) is 54.9 Å². The van der Waals surface area contributed by atoms with E-state index in [1.165, 1.54) is 0 Å². The number of hydrogen-bond donors (Lipinski definition) is 3. The molecule has 0 radical (unpaired) electrons. The molecule has 4 N–H and O–H groups in total. The van der Waals surface area contributed by atoms with Gasteiger partial charge in [0.1, 0.15) is 42.0 Å². The number of allylic oxidation sites excluding steroid dienone is 2. The van der Waals surface area contributed by atoms with Gasteiger partial charge in [-0.2, -0.15) is 0 Å². The van der Waals surface area contributed by atoms with Crippen LogP contribution >= 0.6 is 0 Å². The Morgan fingerprint density at radius 2 is 1.59 bits per heavy atom. The minimum absolute atomic E-state index is 0.0325. The van der Waals surface area contributed by atoms with Crippen LogP contribution in [0.25, 0.3) is 0 Å². The maximum absolute atomic E-state index is 14.4. The molecule has 63 heavy (non-hydrogen) atoms. The Kier molecular flexibility index (Phi) is 15.6. The first-order valence-electron chi connectivity index (χ1n) is 23.1. The number of ether oxygens (including phenoxy) is 10. The van der Waals surface area contributed by atoms with Gasteiger partial charge in [0.05, 0.1) is 49.3 Å². The molecule has 1 spiro atoms. The Labute approximate surface area is 373 Å². The van der Waals surface area contributed by atoms with Gasteiger partial charge in [-0.15, -0.1) is 0 Å². The van der Waals surface area contributed by atoms with Gasteiger partial charge in [0.2, 0.25) is 0 Å². The van der Waals surface area contributed by atoms with Crippen LogP contribution in [0.2, 0.25) is 0 Å². The van der Waals surface area contributed by atoms with Crippen LogP contribution in [0, 0.1) is 23.7 Å². The Balaban J connectivity index is 1.18. The molecule has 15 heteroatoms. The number of aliphatic hydroxyl groups is 2. The Morgan fingerprint density at radius 3 is 2.27 bits per heavy atom. The number of carbonyl (C=O) groups is 1. The summed E-state index contributed by atoms with van der Waals surface area (Å²) >= 11 is 0. The lowest BCUT2D eigenvalue weighted by Gasteiger charge is -2.48. The van der Waals surface area contributed by atoms with Crippen LogP contribution in [0.5, 0.6) is 0 Å². The molecule has 0 amide bonds. The average molecular weight is 888 g/mol. The van der Waals surface area contributed by atoms with Crippen LogP contribution < -0.4 is 5.90 Å². The number of carbonyl (C=O) groups excluding carboxylic acids is 1. The zero-order valence-electron chi connectivity index (χ0n) is 38.8. The quantitative estimate of drug-likeness (QED) is 0.154. The van der Waals surface area contributed by atoms with E-state index in [0.29, 0.717) is 43.3 Å². The third-order valence-electron chi connectivity index (χ3n) is 14.6. The molecule has 7 aliphatic rings. The van der Waals surface area contributed by atoms with Crippen molar-refractivity contribution in [2.75, 3.05) is 20.8 Å². The largest absolute Gasteiger partial charge is 0.462 e. The molecule has 0 aromatic carbocycles. The zero-order valence-corrected chi connectivity index (χ0v) is 38.8. The van der Waals surface area contributed by atoms with E-state index >= 15 is 0 Å². The van der Waals surface area contributed by atoms with Crippen LogP contribution in [-0.2, 0) is 57.0 Å². The first-order chi connectivity index (χ1) is 30.0. The van der Waals surface area contributed by atoms with Crippen molar-refractivity contribution in [1.29, 1.82) is 0 Å². The van der Waals surface area contributed by atoms with Crippen molar-refractivity contribution in [3.8, 4) is 0 Å². The second kappa shape index (κ2) is 20.3. The lowest BCUT2D eigenvalue weighted by molar-refractivity contribution is -0.321. The summed E-state index contributed by atoms with van der Waals surface area (Å²) in [4.78, 5) is 19.5. The van der Waals surface area contributed by atoms with Gasteiger partial charge in [-0.05, 0) is 62.8 Å². The number of methoxy groups -OCH3 is 2. The van der Waals surface area contributed by atoms with Crippen molar-refractivity contribution in [2.24, 2.45) is 29.6 Å². The smallest absolute Gasteiger partial charge is 0.316 e. The molecule has 0 saturated carbocycles. The summed E-state index contributed by atoms with van der Waals surface area (Å²) in [6.45, 7) is 16.2. The van der Waals surface area contributed by atoms with Crippen LogP contribution in [0.4, 0.5) is 0 Å². The lowest BCUT2D eigenvalue weighted by atomic mass is 9.71. The number of esters is 1. The first kappa shape index (κ1) is 48.6. The van der Waals surface area contributed by atoms with Gasteiger partial charge in [-0.3, -0.25) is 9.63 Å². The molecule has 6 aliphatic heterocycles. The second-order valence-electron chi connectivity index (χ2n) is 19.1. The van der Waals surface area contributed by atoms with Crippen molar-refractivity contribution in [3.05, 3.63) is 59.3 Å². The zero-order chi connectivity index (χ0) is 45.4. The van der Waals surface area contributed by atoms with E-state index in [9.17, 15) is 15.0 Å². The van der Waals surface area contributed by atoms with Gasteiger partial charge in [0.25, 0.3) is 0 Å². The predicted octanol–water partition coefficient (Wildman–Crippen LogP) is 5.28. The van der Waals surface area contributed by atoms with Gasteiger partial charge in [0, 0.05) is 51.7 Å². The van der Waals surface area contributed by atoms with Crippen LogP contribution in [0.1, 0.15) is 93.9 Å². The number of rotatable bonds is 9. The van der Waals surface area contributed by atoms with Crippen molar-refractivity contribution in [1.82, 2.24) is 0 Å². The topological polar surface area (TPSA) is 185 Å². The molecule has 15 nitrogen and oxygen atoms in total. The predicted molar refractivity (Wildman–Crippen MR) is 230 cm³/mol. The molecular formula is C48H73NO14. The number of nitrogens with two attached hydrogens (primary N) is 1. The summed E-state index contributed by atoms with van der Waals surface area (Å²) < 4.78 is 64.1. The van der Waals surface area contributed by atoms with Gasteiger partial charge < -0.3 is 57.6 Å². The fourth-order valence-corrected chi connectivity index (χ4v) is 10.7. The van der Waals surface area contributed by atoms with E-state index in [0.717, 1.165) is 12.0 Å². The van der Waals surface area contributed by atoms with Crippen LogP contribution in [0.15, 0.2) is 59.3 Å². The van der Waals surface area contributed by atoms with Gasteiger partial charge >= 0.3 is 5.97 Å². The maximum atomic E-state index is 14.4. The highest BCUT2D eigenvalue weighted by Crippen LogP contribution is 2.47. The summed E-state index contributed by atoms with van der Waals surface area (Å²) in [5, 5.41) is 23.7. The summed E-state index contributed by atoms with van der Waals surface area (Å²) in [6.07, 6.45) is 9.24. The van der Waals surface area contributed by atoms with Crippen molar-refractivity contribution in [2.45, 2.75) is 191 Å². The molecule has 0 aromatic rings. The fourth-order valence-electron chi connectivity index (χ4n) is 10.7. The van der Waals surface area contributed by atoms with Gasteiger partial charge in [-0.1, -0.05) is 70.6 Å². The molecule has 1 unspecified atom stereocenters. The minimum Gasteiger partial charge on any atom is -0.462 e. The molecule has 7 rings (SSSR count). The van der Waals surface area contributed by atoms with Crippen molar-refractivity contribution < 1.29 is 67.2 Å². The van der Waals surface area contributed by atoms with E-state index in [1.54, 1.807) is 33.3 Å². The van der Waals surface area contributed by atoms with Gasteiger partial charge in [0.15, 0.2) is 18.4 Å². The van der Waals surface area contributed by atoms with E-state index in [2.05, 4.69) is 39.8 Å². The Hall–Kier alpha value is -2.35. The summed E-state index contributed by atoms with van der Waals surface area (Å²) in [5.41, 5.74) is 0.139. The summed E-state index contributed by atoms with van der Waals surface area (Å²) in [7, 11) is 3.27. The van der Waals surface area contributed by atoms with Gasteiger partial charge in [-0.25, -0.2) is 5.90 Å². The molecule has 20 atom stereocenters. The van der Waals surface area contributed by atoms with E-state index < -0.39 is 78.6 Å². The molecule has 2 bridgehead atoms. The molecule has 4 saturated heterocycles. The van der Waals surface area contributed by atoms with E-state index in [1.807, 2.05) is 39.0 Å². The monoisotopic (exact) mass is 888 g/mol. The van der Waals surface area contributed by atoms with Crippen molar-refractivity contribution in [3.63, 3.8) is 0 Å². The van der Waals surface area contributed by atoms with Crippen LogP contribution in [0.3, 0.4) is 0 Å². The molecular weight excluding hydrogens is 815 g/mol. The second-order valence-corrected chi connectivity index (χ2v) is 19.1. The number of hydrogen-bond acceptors (Lipinski definition) is 15. The molecule has 354 valence electrons. The average Bonchev–Trinajstić information content (AvgIpc) is 3.60. The molecule has 6 heterocycles. The minimum atomic E-state index is -1.84. The normalized spacial score (nSPS) is 48.6. The molecule has 0 aromatic heterocycles. The first-order valence-corrected chi connectivity index (χ1v) is 23.1. The summed E-state index contributed by atoms with van der Waals surface area (Å²) in [5.74, 6) is 2.99. The fraction of sp³-hybridized carbons (Fsp3) is 0.771. The highest BCUT2D eigenvalue weighted by atomic mass is 16.7. The van der Waals surface area contributed by atoms with Crippen molar-refractivity contribution >= 4 is 5.97 Å². The highest BCUT2D eigenvalue weighted by Gasteiger charge is 2.60. The number of fused-ring (bicyclic) bond motifs is 2. The molecule has 1 aliphatic carbocycles. The standard InChI is InChI=1S/C48H73NO14/c1-11-25(2)42-28(5)17-18-47(62-42)23-34-20-33(61-47)16-15-27(4)41(26(3)13-12-14-32-24-55-45-40(50)29(6)19-35(46(51)58-34)48(32,45)52)59-38-21-36(53-9)43(30(7)56-38)60-39-22-37(54-10)44(63-49)31(8)57-39/h12-15,17-19,25-26,28,30-31,33-45,50,52H,11,16,20-24,49H2,1-10H3/b13-12+,27-15+,32-14+/t25?,26-,28-,30-,31-,33+,34-,35-,36-,37-,38-,39-,40+,41-,42+,43-,44+,45+,47+,48+/m0/s1. The third kappa shape index (κ3) is 10.0. The SMILES string of the molecule is CCC(C)[C@H]1O[C@]2(C=C[C@@H]1C)C[C@@H]1C[C@@H](C/C=C(\C)[C@@H](O[C@H]3C[C@H](OC)[C@@H](O[C@H]4C[C@H](OC)[C@H](ON)[C@H](C)O4)[C@H](C)O3)[C@@H](C)/C=C/C=C3\CO[C@@H]4[C@H](O)C(C)=C[C@@H](C(=O)O1)[C@]34O)O2. The lowest BCUT2D eigenvalue weighted by Crippen LogP contribution is -2.58. The third-order valence-corrected chi connectivity index (χ3v) is 14.6. The Bertz CT molecular complexity index is 1750. The van der Waals surface area contributed by atoms with Crippen LogP contribution in [-0.4, -0.2) is 134 Å². The summed E-state index contributed by atoms with van der Waals surface area (Å²) in [6, 6.07) is 0. The Morgan fingerprint density at radius 1 is 0.905 bits per heavy atom. The highest BCUT2D eigenvalue weighted by molar-refractivity contribution is 5.78. The number of aliphatic hydroxyl groups excluding tert-OH is 1.